The van der Waals surface area contributed by atoms with Gasteiger partial charge in [-0.2, -0.15) is 0 Å². The number of aryl methyl sites for hydroxylation is 1. The normalized spacial score (nSPS) is 10.4. The third-order valence-electron chi connectivity index (χ3n) is 1.98. The molecule has 2 aromatic heterocycles. The molecule has 0 spiro atoms. The molecule has 3 nitrogen and oxygen atoms in total. The van der Waals surface area contributed by atoms with Crippen molar-refractivity contribution in [1.29, 1.82) is 0 Å². The average Bonchev–Trinajstić information content (AvgIpc) is 2.64. The Kier molecular flexibility index (Phi) is 2.63. The Balaban J connectivity index is 2.22. The molecule has 0 bridgehead atoms. The van der Waals surface area contributed by atoms with Crippen molar-refractivity contribution in [2.24, 2.45) is 0 Å². The number of rotatable bonds is 2. The smallest absolute Gasteiger partial charge is 0.0949 e. The van der Waals surface area contributed by atoms with Gasteiger partial charge in [0.05, 0.1) is 24.3 Å². The van der Waals surface area contributed by atoms with Crippen LogP contribution in [0.5, 0.6) is 0 Å². The summed E-state index contributed by atoms with van der Waals surface area (Å²) in [5, 5.41) is 0. The number of aromatic nitrogens is 3. The lowest BCUT2D eigenvalue weighted by Gasteiger charge is -2.03. The van der Waals surface area contributed by atoms with Crippen LogP contribution in [0.3, 0.4) is 0 Å². The quantitative estimate of drug-likeness (QED) is 0.821. The Morgan fingerprint density at radius 2 is 2.29 bits per heavy atom. The molecule has 0 atom stereocenters. The van der Waals surface area contributed by atoms with Crippen LogP contribution in [0.2, 0.25) is 0 Å². The van der Waals surface area contributed by atoms with E-state index < -0.39 is 0 Å². The molecule has 0 aliphatic rings. The molecular weight excluding hydrogens is 242 g/mol. The van der Waals surface area contributed by atoms with Gasteiger partial charge in [0.15, 0.2) is 0 Å². The van der Waals surface area contributed by atoms with Gasteiger partial charge in [-0.1, -0.05) is 0 Å². The first kappa shape index (κ1) is 9.40. The molecule has 0 aliphatic carbocycles. The summed E-state index contributed by atoms with van der Waals surface area (Å²) in [4.78, 5) is 8.44. The summed E-state index contributed by atoms with van der Waals surface area (Å²) in [6, 6.07) is 4.03. The average molecular weight is 252 g/mol. The maximum atomic E-state index is 4.45. The van der Waals surface area contributed by atoms with Gasteiger partial charge >= 0.3 is 0 Å². The topological polar surface area (TPSA) is 30.7 Å². The Bertz CT molecular complexity index is 423. The molecule has 0 N–H and O–H groups in total. The van der Waals surface area contributed by atoms with E-state index in [0.717, 1.165) is 22.4 Å². The minimum absolute atomic E-state index is 0.772. The second-order valence-electron chi connectivity index (χ2n) is 3.10. The summed E-state index contributed by atoms with van der Waals surface area (Å²) in [5.74, 6) is 0. The molecule has 2 heterocycles. The van der Waals surface area contributed by atoms with Gasteiger partial charge in [-0.3, -0.25) is 4.98 Å². The molecule has 0 fully saturated rings. The maximum Gasteiger partial charge on any atom is 0.0949 e. The first-order valence-electron chi connectivity index (χ1n) is 4.33. The minimum atomic E-state index is 0.772. The van der Waals surface area contributed by atoms with Gasteiger partial charge in [0, 0.05) is 16.9 Å². The monoisotopic (exact) mass is 251 g/mol. The standard InChI is InChI=1S/C10H10BrN3/c1-8-10(11)3-2-9(13-8)6-14-5-4-12-7-14/h2-5,7H,6H2,1H3. The number of nitrogens with zero attached hydrogens (tertiary/aromatic N) is 3. The van der Waals surface area contributed by atoms with E-state index in [9.17, 15) is 0 Å². The van der Waals surface area contributed by atoms with Crippen molar-refractivity contribution in [1.82, 2.24) is 14.5 Å². The first-order valence-corrected chi connectivity index (χ1v) is 5.13. The molecule has 0 unspecified atom stereocenters. The summed E-state index contributed by atoms with van der Waals surface area (Å²) in [5.41, 5.74) is 2.06. The third-order valence-corrected chi connectivity index (χ3v) is 2.82. The van der Waals surface area contributed by atoms with E-state index in [0.29, 0.717) is 0 Å². The largest absolute Gasteiger partial charge is 0.331 e. The molecule has 72 valence electrons. The Labute approximate surface area is 90.9 Å². The first-order chi connectivity index (χ1) is 6.75. The van der Waals surface area contributed by atoms with Crippen LogP contribution in [0.15, 0.2) is 35.3 Å². The van der Waals surface area contributed by atoms with Crippen LogP contribution in [0, 0.1) is 6.92 Å². The van der Waals surface area contributed by atoms with Crippen LogP contribution in [0.4, 0.5) is 0 Å². The van der Waals surface area contributed by atoms with E-state index in [1.54, 1.807) is 12.5 Å². The molecular formula is C10H10BrN3. The van der Waals surface area contributed by atoms with Gasteiger partial charge in [0.1, 0.15) is 0 Å². The van der Waals surface area contributed by atoms with E-state index >= 15 is 0 Å². The Hall–Kier alpha value is -1.16. The Morgan fingerprint density at radius 3 is 2.93 bits per heavy atom. The highest BCUT2D eigenvalue weighted by Gasteiger charge is 1.99. The zero-order valence-electron chi connectivity index (χ0n) is 7.81. The van der Waals surface area contributed by atoms with E-state index in [4.69, 9.17) is 0 Å². The Morgan fingerprint density at radius 1 is 1.43 bits per heavy atom. The summed E-state index contributed by atoms with van der Waals surface area (Å²) in [6.07, 6.45) is 5.49. The second kappa shape index (κ2) is 3.92. The van der Waals surface area contributed by atoms with Crippen LogP contribution < -0.4 is 0 Å². The fraction of sp³-hybridized carbons (Fsp3) is 0.200. The zero-order valence-corrected chi connectivity index (χ0v) is 9.40. The van der Waals surface area contributed by atoms with Crippen LogP contribution in [0.1, 0.15) is 11.4 Å². The molecule has 0 amide bonds. The van der Waals surface area contributed by atoms with Crippen molar-refractivity contribution < 1.29 is 0 Å². The van der Waals surface area contributed by atoms with Crippen molar-refractivity contribution in [3.63, 3.8) is 0 Å². The number of pyridine rings is 1. The van der Waals surface area contributed by atoms with E-state index in [-0.39, 0.29) is 0 Å². The minimum Gasteiger partial charge on any atom is -0.331 e. The molecule has 2 rings (SSSR count). The molecule has 14 heavy (non-hydrogen) atoms. The van der Waals surface area contributed by atoms with Crippen molar-refractivity contribution in [2.75, 3.05) is 0 Å². The number of hydrogen-bond acceptors (Lipinski definition) is 2. The van der Waals surface area contributed by atoms with Crippen LogP contribution in [-0.4, -0.2) is 14.5 Å². The van der Waals surface area contributed by atoms with Gasteiger partial charge in [-0.25, -0.2) is 4.98 Å². The van der Waals surface area contributed by atoms with E-state index in [2.05, 4.69) is 25.9 Å². The summed E-state index contributed by atoms with van der Waals surface area (Å²) < 4.78 is 3.04. The fourth-order valence-corrected chi connectivity index (χ4v) is 1.47. The molecule has 0 aromatic carbocycles. The van der Waals surface area contributed by atoms with E-state index in [1.165, 1.54) is 0 Å². The number of hydrogen-bond donors (Lipinski definition) is 0. The van der Waals surface area contributed by atoms with Crippen molar-refractivity contribution in [2.45, 2.75) is 13.5 Å². The lowest BCUT2D eigenvalue weighted by atomic mass is 10.3. The van der Waals surface area contributed by atoms with Crippen LogP contribution in [-0.2, 0) is 6.54 Å². The second-order valence-corrected chi connectivity index (χ2v) is 3.96. The van der Waals surface area contributed by atoms with Gasteiger partial charge in [0.25, 0.3) is 0 Å². The van der Waals surface area contributed by atoms with E-state index in [1.807, 2.05) is 29.8 Å². The lowest BCUT2D eigenvalue weighted by Crippen LogP contribution is -2.00. The highest BCUT2D eigenvalue weighted by atomic mass is 79.9. The molecule has 0 radical (unpaired) electrons. The highest BCUT2D eigenvalue weighted by Crippen LogP contribution is 2.14. The van der Waals surface area contributed by atoms with Gasteiger partial charge in [0.2, 0.25) is 0 Å². The zero-order chi connectivity index (χ0) is 9.97. The number of halogens is 1. The predicted octanol–water partition coefficient (Wildman–Crippen LogP) is 2.40. The van der Waals surface area contributed by atoms with Crippen molar-refractivity contribution >= 4 is 15.9 Å². The maximum absolute atomic E-state index is 4.45. The van der Waals surface area contributed by atoms with Gasteiger partial charge in [-0.05, 0) is 35.0 Å². The molecule has 2 aromatic rings. The summed E-state index contributed by atoms with van der Waals surface area (Å²) >= 11 is 3.43. The third kappa shape index (κ3) is 2.01. The summed E-state index contributed by atoms with van der Waals surface area (Å²) in [6.45, 7) is 2.76. The molecule has 0 saturated heterocycles. The van der Waals surface area contributed by atoms with Gasteiger partial charge in [-0.15, -0.1) is 0 Å². The molecule has 4 heteroatoms. The van der Waals surface area contributed by atoms with Crippen molar-refractivity contribution in [3.8, 4) is 0 Å². The molecule has 0 saturated carbocycles. The van der Waals surface area contributed by atoms with Crippen LogP contribution >= 0.6 is 15.9 Å². The lowest BCUT2D eigenvalue weighted by molar-refractivity contribution is 0.768. The number of imidazole rings is 1. The fourth-order valence-electron chi connectivity index (χ4n) is 1.25. The SMILES string of the molecule is Cc1nc(Cn2ccnc2)ccc1Br. The van der Waals surface area contributed by atoms with Crippen LogP contribution in [0.25, 0.3) is 0 Å². The predicted molar refractivity (Wildman–Crippen MR) is 58.0 cm³/mol. The highest BCUT2D eigenvalue weighted by molar-refractivity contribution is 9.10. The van der Waals surface area contributed by atoms with Crippen molar-refractivity contribution in [3.05, 3.63) is 46.7 Å². The molecule has 0 aliphatic heterocycles. The van der Waals surface area contributed by atoms with Gasteiger partial charge < -0.3 is 4.57 Å². The summed E-state index contributed by atoms with van der Waals surface area (Å²) in [7, 11) is 0.